The lowest BCUT2D eigenvalue weighted by Gasteiger charge is -2.25. The number of carbonyl (C=O) groups is 1. The number of piperidine rings is 1. The molecular weight excluding hydrogens is 471 g/mol. The second-order valence-electron chi connectivity index (χ2n) is 7.88. The number of hydrogen-bond donors (Lipinski definition) is 1. The van der Waals surface area contributed by atoms with Crippen LogP contribution in [0.15, 0.2) is 41.3 Å². The van der Waals surface area contributed by atoms with Crippen molar-refractivity contribution in [3.05, 3.63) is 52.3 Å². The number of halogens is 2. The Bertz CT molecular complexity index is 1270. The molecule has 0 spiro atoms. The summed E-state index contributed by atoms with van der Waals surface area (Å²) in [5, 5.41) is 3.59. The summed E-state index contributed by atoms with van der Waals surface area (Å²) in [5.41, 5.74) is 2.00. The highest BCUT2D eigenvalue weighted by Crippen LogP contribution is 2.26. The van der Waals surface area contributed by atoms with Gasteiger partial charge in [-0.2, -0.15) is 4.31 Å². The van der Waals surface area contributed by atoms with Crippen LogP contribution in [-0.2, 0) is 28.3 Å². The molecule has 1 saturated heterocycles. The number of amides is 1. The molecule has 2 heterocycles. The highest BCUT2D eigenvalue weighted by atomic mass is 35.5. The zero-order chi connectivity index (χ0) is 22.9. The number of carbonyl (C=O) groups excluding carboxylic acids is 1. The number of nitrogens with one attached hydrogen (secondary N) is 1. The SMILES string of the molecule is Cn1c(CCC(=O)Nc2ccc(Cl)c(Cl)c2)nc2cc(S(=O)(=O)N3CCCCC3)ccc21. The summed E-state index contributed by atoms with van der Waals surface area (Å²) in [4.78, 5) is 17.2. The Labute approximate surface area is 197 Å². The van der Waals surface area contributed by atoms with Crippen molar-refractivity contribution in [1.29, 1.82) is 0 Å². The first-order chi connectivity index (χ1) is 15.3. The maximum Gasteiger partial charge on any atom is 0.243 e. The van der Waals surface area contributed by atoms with Gasteiger partial charge in [0, 0.05) is 38.7 Å². The highest BCUT2D eigenvalue weighted by molar-refractivity contribution is 7.89. The summed E-state index contributed by atoms with van der Waals surface area (Å²) in [6, 6.07) is 9.94. The third-order valence-electron chi connectivity index (χ3n) is 5.68. The molecule has 4 rings (SSSR count). The van der Waals surface area contributed by atoms with Gasteiger partial charge in [-0.05, 0) is 49.2 Å². The zero-order valence-corrected chi connectivity index (χ0v) is 20.0. The minimum Gasteiger partial charge on any atom is -0.331 e. The van der Waals surface area contributed by atoms with Crippen molar-refractivity contribution >= 4 is 55.9 Å². The van der Waals surface area contributed by atoms with Crippen LogP contribution in [0.3, 0.4) is 0 Å². The van der Waals surface area contributed by atoms with E-state index < -0.39 is 10.0 Å². The minimum absolute atomic E-state index is 0.177. The average Bonchev–Trinajstić information content (AvgIpc) is 3.10. The van der Waals surface area contributed by atoms with Gasteiger partial charge in [-0.25, -0.2) is 13.4 Å². The Morgan fingerprint density at radius 1 is 1.06 bits per heavy atom. The van der Waals surface area contributed by atoms with Crippen molar-refractivity contribution in [2.24, 2.45) is 7.05 Å². The second kappa shape index (κ2) is 9.39. The third kappa shape index (κ3) is 4.78. The summed E-state index contributed by atoms with van der Waals surface area (Å²) in [6.07, 6.45) is 3.47. The van der Waals surface area contributed by atoms with Gasteiger partial charge in [-0.15, -0.1) is 0 Å². The number of sulfonamides is 1. The van der Waals surface area contributed by atoms with Gasteiger partial charge >= 0.3 is 0 Å². The smallest absolute Gasteiger partial charge is 0.243 e. The van der Waals surface area contributed by atoms with Gasteiger partial charge in [0.1, 0.15) is 5.82 Å². The second-order valence-corrected chi connectivity index (χ2v) is 10.6. The Morgan fingerprint density at radius 2 is 1.81 bits per heavy atom. The average molecular weight is 495 g/mol. The molecule has 1 N–H and O–H groups in total. The van der Waals surface area contributed by atoms with E-state index in [0.717, 1.165) is 24.8 Å². The summed E-state index contributed by atoms with van der Waals surface area (Å²) < 4.78 is 29.4. The normalized spacial score (nSPS) is 15.2. The maximum atomic E-state index is 13.0. The van der Waals surface area contributed by atoms with Gasteiger partial charge in [-0.1, -0.05) is 29.6 Å². The van der Waals surface area contributed by atoms with Gasteiger partial charge in [0.05, 0.1) is 26.0 Å². The lowest BCUT2D eigenvalue weighted by molar-refractivity contribution is -0.116. The standard InChI is InChI=1S/C22H24Cl2N4O3S/c1-27-20-8-6-16(32(30,31)28-11-3-2-4-12-28)14-19(20)26-21(27)9-10-22(29)25-15-5-7-17(23)18(24)13-15/h5-8,13-14H,2-4,9-12H2,1H3,(H,25,29). The Balaban J connectivity index is 1.48. The summed E-state index contributed by atoms with van der Waals surface area (Å²) in [6.45, 7) is 1.11. The van der Waals surface area contributed by atoms with E-state index in [2.05, 4.69) is 10.3 Å². The highest BCUT2D eigenvalue weighted by Gasteiger charge is 2.26. The van der Waals surface area contributed by atoms with Gasteiger partial charge in [0.15, 0.2) is 0 Å². The molecule has 0 atom stereocenters. The molecule has 0 bridgehead atoms. The number of fused-ring (bicyclic) bond motifs is 1. The zero-order valence-electron chi connectivity index (χ0n) is 17.6. The van der Waals surface area contributed by atoms with E-state index in [0.29, 0.717) is 46.6 Å². The molecule has 7 nitrogen and oxygen atoms in total. The van der Waals surface area contributed by atoms with E-state index in [4.69, 9.17) is 23.2 Å². The van der Waals surface area contributed by atoms with Gasteiger partial charge in [-0.3, -0.25) is 4.79 Å². The van der Waals surface area contributed by atoms with Crippen LogP contribution >= 0.6 is 23.2 Å². The Kier molecular flexibility index (Phi) is 6.76. The van der Waals surface area contributed by atoms with Crippen LogP contribution in [0.4, 0.5) is 5.69 Å². The van der Waals surface area contributed by atoms with Crippen molar-refractivity contribution in [2.45, 2.75) is 37.0 Å². The first-order valence-electron chi connectivity index (χ1n) is 10.5. The topological polar surface area (TPSA) is 84.3 Å². The molecule has 0 saturated carbocycles. The molecule has 3 aromatic rings. The molecule has 1 aliphatic rings. The first-order valence-corrected chi connectivity index (χ1v) is 12.7. The van der Waals surface area contributed by atoms with E-state index >= 15 is 0 Å². The fraction of sp³-hybridized carbons (Fsp3) is 0.364. The predicted octanol–water partition coefficient (Wildman–Crippen LogP) is 4.63. The third-order valence-corrected chi connectivity index (χ3v) is 8.31. The number of nitrogens with zero attached hydrogens (tertiary/aromatic N) is 3. The molecule has 32 heavy (non-hydrogen) atoms. The molecule has 1 amide bonds. The van der Waals surface area contributed by atoms with Gasteiger partial charge in [0.25, 0.3) is 0 Å². The van der Waals surface area contributed by atoms with Crippen molar-refractivity contribution in [3.8, 4) is 0 Å². The lowest BCUT2D eigenvalue weighted by atomic mass is 10.2. The first kappa shape index (κ1) is 23.0. The quantitative estimate of drug-likeness (QED) is 0.541. The molecule has 2 aromatic carbocycles. The number of hydrogen-bond acceptors (Lipinski definition) is 4. The van der Waals surface area contributed by atoms with Crippen LogP contribution < -0.4 is 5.32 Å². The van der Waals surface area contributed by atoms with E-state index in [-0.39, 0.29) is 17.2 Å². The van der Waals surface area contributed by atoms with Crippen molar-refractivity contribution < 1.29 is 13.2 Å². The predicted molar refractivity (Wildman–Crippen MR) is 127 cm³/mol. The van der Waals surface area contributed by atoms with Crippen molar-refractivity contribution in [2.75, 3.05) is 18.4 Å². The molecule has 1 fully saturated rings. The number of anilines is 1. The molecule has 0 unspecified atom stereocenters. The van der Waals surface area contributed by atoms with Gasteiger partial charge < -0.3 is 9.88 Å². The lowest BCUT2D eigenvalue weighted by Crippen LogP contribution is -2.35. The van der Waals surface area contributed by atoms with Crippen LogP contribution in [0.2, 0.25) is 10.0 Å². The van der Waals surface area contributed by atoms with Crippen LogP contribution in [0.5, 0.6) is 0 Å². The largest absolute Gasteiger partial charge is 0.331 e. The molecule has 1 aliphatic heterocycles. The Hall–Kier alpha value is -2.13. The van der Waals surface area contributed by atoms with E-state index in [1.54, 1.807) is 40.7 Å². The Morgan fingerprint density at radius 3 is 2.53 bits per heavy atom. The van der Waals surface area contributed by atoms with Gasteiger partial charge in [0.2, 0.25) is 15.9 Å². The number of aromatic nitrogens is 2. The number of rotatable bonds is 6. The fourth-order valence-electron chi connectivity index (χ4n) is 3.89. The fourth-order valence-corrected chi connectivity index (χ4v) is 5.73. The van der Waals surface area contributed by atoms with Crippen LogP contribution in [0.25, 0.3) is 11.0 Å². The maximum absolute atomic E-state index is 13.0. The number of aryl methyl sites for hydroxylation is 2. The van der Waals surface area contributed by atoms with Crippen molar-refractivity contribution in [3.63, 3.8) is 0 Å². The molecule has 0 radical (unpaired) electrons. The summed E-state index contributed by atoms with van der Waals surface area (Å²) in [7, 11) is -1.66. The van der Waals surface area contributed by atoms with Crippen LogP contribution in [0.1, 0.15) is 31.5 Å². The van der Waals surface area contributed by atoms with E-state index in [9.17, 15) is 13.2 Å². The number of imidazole rings is 1. The van der Waals surface area contributed by atoms with Crippen LogP contribution in [0, 0.1) is 0 Å². The number of benzene rings is 2. The molecule has 1 aromatic heterocycles. The molecule has 170 valence electrons. The molecule has 0 aliphatic carbocycles. The minimum atomic E-state index is -3.52. The monoisotopic (exact) mass is 494 g/mol. The van der Waals surface area contributed by atoms with E-state index in [1.165, 1.54) is 0 Å². The van der Waals surface area contributed by atoms with Crippen LogP contribution in [-0.4, -0.2) is 41.3 Å². The van der Waals surface area contributed by atoms with Crippen molar-refractivity contribution in [1.82, 2.24) is 13.9 Å². The van der Waals surface area contributed by atoms with E-state index in [1.807, 2.05) is 11.6 Å². The summed E-state index contributed by atoms with van der Waals surface area (Å²) in [5.74, 6) is 0.528. The molecular formula is C22H24Cl2N4O3S. The molecule has 10 heteroatoms. The summed E-state index contributed by atoms with van der Waals surface area (Å²) >= 11 is 11.9.